The lowest BCUT2D eigenvalue weighted by Gasteiger charge is -2.09. The minimum atomic E-state index is -3.76. The van der Waals surface area contributed by atoms with Crippen LogP contribution in [0.1, 0.15) is 15.9 Å². The molecule has 0 aliphatic carbocycles. The van der Waals surface area contributed by atoms with E-state index in [1.165, 1.54) is 30.3 Å². The van der Waals surface area contributed by atoms with E-state index >= 15 is 0 Å². The number of halogens is 2. The number of hydrogen-bond donors (Lipinski definition) is 1. The van der Waals surface area contributed by atoms with Gasteiger partial charge in [0.15, 0.2) is 0 Å². The highest BCUT2D eigenvalue weighted by Crippen LogP contribution is 2.27. The lowest BCUT2D eigenvalue weighted by atomic mass is 10.2. The lowest BCUT2D eigenvalue weighted by molar-refractivity contribution is 0.0950. The van der Waals surface area contributed by atoms with Crippen molar-refractivity contribution in [3.05, 3.63) is 94.4 Å². The van der Waals surface area contributed by atoms with Crippen LogP contribution in [0.4, 0.5) is 0 Å². The third kappa shape index (κ3) is 4.18. The number of carbonyl (C=O) groups excluding carboxylic acids is 1. The van der Waals surface area contributed by atoms with Gasteiger partial charge >= 0.3 is 0 Å². The summed E-state index contributed by atoms with van der Waals surface area (Å²) in [6.07, 6.45) is 5.12. The molecule has 2 aromatic heterocycles. The summed E-state index contributed by atoms with van der Waals surface area (Å²) in [5.74, 6) is -0.240. The standard InChI is InChI=1S/C21H15Cl2N3O3S/c22-16-9-17(23)11-19(10-16)30(28,29)18-4-1-14(2-5-18)12-25-21(27)15-3-6-20-24-7-8-26(20)13-15/h1-11,13H,12H2,(H,25,27). The fourth-order valence-electron chi connectivity index (χ4n) is 2.94. The Balaban J connectivity index is 1.47. The van der Waals surface area contributed by atoms with Crippen LogP contribution in [-0.4, -0.2) is 23.7 Å². The van der Waals surface area contributed by atoms with E-state index in [9.17, 15) is 13.2 Å². The van der Waals surface area contributed by atoms with Crippen LogP contribution in [0.5, 0.6) is 0 Å². The summed E-state index contributed by atoms with van der Waals surface area (Å²) in [5.41, 5.74) is 2.01. The van der Waals surface area contributed by atoms with Crippen LogP contribution in [-0.2, 0) is 16.4 Å². The average molecular weight is 460 g/mol. The van der Waals surface area contributed by atoms with Crippen LogP contribution in [0.3, 0.4) is 0 Å². The van der Waals surface area contributed by atoms with Crippen LogP contribution in [0.15, 0.2) is 83.0 Å². The molecule has 152 valence electrons. The van der Waals surface area contributed by atoms with Crippen molar-refractivity contribution in [3.8, 4) is 0 Å². The molecule has 0 spiro atoms. The van der Waals surface area contributed by atoms with Crippen molar-refractivity contribution >= 4 is 44.6 Å². The van der Waals surface area contributed by atoms with Crippen molar-refractivity contribution in [3.63, 3.8) is 0 Å². The minimum Gasteiger partial charge on any atom is -0.348 e. The van der Waals surface area contributed by atoms with Crippen molar-refractivity contribution in [2.24, 2.45) is 0 Å². The summed E-state index contributed by atoms with van der Waals surface area (Å²) in [5, 5.41) is 3.31. The first-order chi connectivity index (χ1) is 14.3. The highest BCUT2D eigenvalue weighted by Gasteiger charge is 2.19. The van der Waals surface area contributed by atoms with E-state index < -0.39 is 9.84 Å². The van der Waals surface area contributed by atoms with Gasteiger partial charge in [0.25, 0.3) is 5.91 Å². The third-order valence-electron chi connectivity index (χ3n) is 4.48. The number of amides is 1. The molecule has 2 heterocycles. The van der Waals surface area contributed by atoms with E-state index in [0.29, 0.717) is 5.56 Å². The molecule has 0 radical (unpaired) electrons. The minimum absolute atomic E-state index is 0.0240. The monoisotopic (exact) mass is 459 g/mol. The summed E-state index contributed by atoms with van der Waals surface area (Å²) in [6.45, 7) is 0.254. The SMILES string of the molecule is O=C(NCc1ccc(S(=O)(=O)c2cc(Cl)cc(Cl)c2)cc1)c1ccc2nccn2c1. The molecule has 30 heavy (non-hydrogen) atoms. The van der Waals surface area contributed by atoms with E-state index in [2.05, 4.69) is 10.3 Å². The van der Waals surface area contributed by atoms with Gasteiger partial charge in [-0.15, -0.1) is 0 Å². The van der Waals surface area contributed by atoms with E-state index in [-0.39, 0.29) is 32.3 Å². The maximum atomic E-state index is 12.8. The van der Waals surface area contributed by atoms with Gasteiger partial charge in [-0.3, -0.25) is 4.79 Å². The second kappa shape index (κ2) is 8.10. The van der Waals surface area contributed by atoms with Gasteiger partial charge in [0, 0.05) is 35.2 Å². The number of nitrogens with zero attached hydrogens (tertiary/aromatic N) is 2. The molecular weight excluding hydrogens is 445 g/mol. The number of nitrogens with one attached hydrogen (secondary N) is 1. The first-order valence-corrected chi connectivity index (χ1v) is 11.1. The van der Waals surface area contributed by atoms with Gasteiger partial charge in [0.05, 0.1) is 15.4 Å². The number of rotatable bonds is 5. The van der Waals surface area contributed by atoms with Crippen molar-refractivity contribution < 1.29 is 13.2 Å². The Morgan fingerprint density at radius 3 is 2.37 bits per heavy atom. The maximum absolute atomic E-state index is 12.8. The van der Waals surface area contributed by atoms with Gasteiger partial charge in [-0.2, -0.15) is 0 Å². The van der Waals surface area contributed by atoms with Crippen molar-refractivity contribution in [1.29, 1.82) is 0 Å². The summed E-state index contributed by atoms with van der Waals surface area (Å²) in [6, 6.07) is 13.9. The molecule has 0 atom stereocenters. The quantitative estimate of drug-likeness (QED) is 0.479. The number of pyridine rings is 1. The molecule has 4 rings (SSSR count). The molecule has 0 saturated heterocycles. The fourth-order valence-corrected chi connectivity index (χ4v) is 4.93. The van der Waals surface area contributed by atoms with Crippen LogP contribution < -0.4 is 5.32 Å². The Morgan fingerprint density at radius 2 is 1.67 bits per heavy atom. The molecule has 0 unspecified atom stereocenters. The third-order valence-corrected chi connectivity index (χ3v) is 6.67. The molecule has 9 heteroatoms. The Hall–Kier alpha value is -2.87. The van der Waals surface area contributed by atoms with Crippen LogP contribution in [0.2, 0.25) is 10.0 Å². The maximum Gasteiger partial charge on any atom is 0.253 e. The Bertz CT molecular complexity index is 1330. The molecule has 1 amide bonds. The van der Waals surface area contributed by atoms with Crippen molar-refractivity contribution in [2.45, 2.75) is 16.3 Å². The van der Waals surface area contributed by atoms with Crippen LogP contribution >= 0.6 is 23.2 Å². The van der Waals surface area contributed by atoms with Gasteiger partial charge in [0.2, 0.25) is 9.84 Å². The van der Waals surface area contributed by atoms with Gasteiger partial charge in [0.1, 0.15) is 5.65 Å². The number of hydrogen-bond acceptors (Lipinski definition) is 4. The second-order valence-electron chi connectivity index (χ2n) is 6.55. The molecule has 0 aliphatic heterocycles. The first-order valence-electron chi connectivity index (χ1n) is 8.84. The summed E-state index contributed by atoms with van der Waals surface area (Å²) in [7, 11) is -3.76. The molecule has 0 saturated carbocycles. The number of sulfone groups is 1. The molecular formula is C21H15Cl2N3O3S. The average Bonchev–Trinajstić information content (AvgIpc) is 3.19. The predicted molar refractivity (Wildman–Crippen MR) is 115 cm³/mol. The number of imidazole rings is 1. The van der Waals surface area contributed by atoms with E-state index in [1.54, 1.807) is 47.3 Å². The molecule has 0 aliphatic rings. The van der Waals surface area contributed by atoms with E-state index in [1.807, 2.05) is 0 Å². The Kier molecular flexibility index (Phi) is 5.51. The summed E-state index contributed by atoms with van der Waals surface area (Å²) in [4.78, 5) is 16.7. The largest absolute Gasteiger partial charge is 0.348 e. The fraction of sp³-hybridized carbons (Fsp3) is 0.0476. The zero-order valence-electron chi connectivity index (χ0n) is 15.4. The number of fused-ring (bicyclic) bond motifs is 1. The number of carbonyl (C=O) groups is 1. The highest BCUT2D eigenvalue weighted by molar-refractivity contribution is 7.91. The molecule has 0 bridgehead atoms. The molecule has 1 N–H and O–H groups in total. The van der Waals surface area contributed by atoms with Gasteiger partial charge in [-0.25, -0.2) is 13.4 Å². The molecule has 2 aromatic carbocycles. The normalized spacial score (nSPS) is 11.5. The van der Waals surface area contributed by atoms with Crippen LogP contribution in [0, 0.1) is 0 Å². The smallest absolute Gasteiger partial charge is 0.253 e. The molecule has 4 aromatic rings. The zero-order valence-corrected chi connectivity index (χ0v) is 17.7. The first kappa shape index (κ1) is 20.4. The second-order valence-corrected chi connectivity index (χ2v) is 9.37. The Morgan fingerprint density at radius 1 is 0.967 bits per heavy atom. The summed E-state index contributed by atoms with van der Waals surface area (Å²) < 4.78 is 27.3. The van der Waals surface area contributed by atoms with E-state index in [4.69, 9.17) is 23.2 Å². The van der Waals surface area contributed by atoms with E-state index in [0.717, 1.165) is 11.2 Å². The Labute approximate surface area is 183 Å². The number of benzene rings is 2. The van der Waals surface area contributed by atoms with Crippen molar-refractivity contribution in [1.82, 2.24) is 14.7 Å². The van der Waals surface area contributed by atoms with Gasteiger partial charge < -0.3 is 9.72 Å². The van der Waals surface area contributed by atoms with Crippen molar-refractivity contribution in [2.75, 3.05) is 0 Å². The van der Waals surface area contributed by atoms with Gasteiger partial charge in [-0.1, -0.05) is 35.3 Å². The predicted octanol–water partition coefficient (Wildman–Crippen LogP) is 4.40. The topological polar surface area (TPSA) is 80.5 Å². The highest BCUT2D eigenvalue weighted by atomic mass is 35.5. The number of aromatic nitrogens is 2. The van der Waals surface area contributed by atoms with Crippen LogP contribution in [0.25, 0.3) is 5.65 Å². The molecule has 0 fully saturated rings. The lowest BCUT2D eigenvalue weighted by Crippen LogP contribution is -2.23. The summed E-state index contributed by atoms with van der Waals surface area (Å²) >= 11 is 11.8. The zero-order chi connectivity index (χ0) is 21.3. The molecule has 6 nitrogen and oxygen atoms in total. The van der Waals surface area contributed by atoms with Gasteiger partial charge in [-0.05, 0) is 48.0 Å².